The molecule has 1 aliphatic heterocycles. The van der Waals surface area contributed by atoms with Crippen molar-refractivity contribution in [2.45, 2.75) is 25.4 Å². The van der Waals surface area contributed by atoms with Crippen molar-refractivity contribution in [1.82, 2.24) is 4.90 Å². The van der Waals surface area contributed by atoms with Crippen LogP contribution in [0.15, 0.2) is 46.7 Å². The van der Waals surface area contributed by atoms with Gasteiger partial charge >= 0.3 is 0 Å². The molecule has 0 N–H and O–H groups in total. The molecular weight excluding hydrogens is 336 g/mol. The van der Waals surface area contributed by atoms with Gasteiger partial charge in [-0.05, 0) is 36.3 Å². The number of benzene rings is 1. The van der Waals surface area contributed by atoms with Gasteiger partial charge in [0.1, 0.15) is 6.20 Å². The molecule has 25 heavy (non-hydrogen) atoms. The van der Waals surface area contributed by atoms with Gasteiger partial charge in [0.15, 0.2) is 0 Å². The minimum absolute atomic E-state index is 0.0631. The number of hydrogen-bond acceptors (Lipinski definition) is 6. The van der Waals surface area contributed by atoms with Crippen molar-refractivity contribution >= 4 is 11.8 Å². The van der Waals surface area contributed by atoms with Gasteiger partial charge in [0.25, 0.3) is 0 Å². The number of piperidine rings is 1. The van der Waals surface area contributed by atoms with Crippen molar-refractivity contribution < 1.29 is 9.47 Å². The van der Waals surface area contributed by atoms with Gasteiger partial charge in [0.2, 0.25) is 0 Å². The van der Waals surface area contributed by atoms with Crippen LogP contribution in [0.25, 0.3) is 0 Å². The molecule has 2 unspecified atom stereocenters. The molecule has 6 heteroatoms. The predicted octanol–water partition coefficient (Wildman–Crippen LogP) is 4.42. The van der Waals surface area contributed by atoms with Crippen molar-refractivity contribution in [1.29, 1.82) is 0 Å². The van der Waals surface area contributed by atoms with Crippen LogP contribution in [0.1, 0.15) is 30.9 Å². The fourth-order valence-corrected chi connectivity index (χ4v) is 3.90. The fraction of sp³-hybridized carbons (Fsp3) is 0.579. The maximum absolute atomic E-state index is 10.7. The molecule has 0 aliphatic carbocycles. The van der Waals surface area contributed by atoms with Crippen LogP contribution in [0.5, 0.6) is 0 Å². The first-order valence-electron chi connectivity index (χ1n) is 8.77. The van der Waals surface area contributed by atoms with Gasteiger partial charge < -0.3 is 14.4 Å². The minimum Gasteiger partial charge on any atom is -0.385 e. The molecule has 0 saturated carbocycles. The van der Waals surface area contributed by atoms with Crippen molar-refractivity contribution in [3.8, 4) is 0 Å². The molecule has 1 aliphatic rings. The Morgan fingerprint density at radius 3 is 2.88 bits per heavy atom. The normalized spacial score (nSPS) is 19.7. The van der Waals surface area contributed by atoms with Crippen molar-refractivity contribution in [2.75, 3.05) is 39.7 Å². The van der Waals surface area contributed by atoms with Crippen molar-refractivity contribution in [2.24, 2.45) is 11.1 Å². The quantitative estimate of drug-likeness (QED) is 0.454. The highest BCUT2D eigenvalue weighted by Crippen LogP contribution is 2.35. The summed E-state index contributed by atoms with van der Waals surface area (Å²) in [5, 5.41) is 3.90. The Bertz CT molecular complexity index is 539. The van der Waals surface area contributed by atoms with Crippen LogP contribution in [0, 0.1) is 10.8 Å². The molecule has 0 bridgehead atoms. The van der Waals surface area contributed by atoms with E-state index in [1.807, 2.05) is 12.3 Å². The second-order valence-corrected chi connectivity index (χ2v) is 7.00. The number of rotatable bonds is 10. The molecular formula is C19H28N2O3S. The summed E-state index contributed by atoms with van der Waals surface area (Å²) in [5.41, 5.74) is 1.22. The molecule has 1 aromatic carbocycles. The van der Waals surface area contributed by atoms with Gasteiger partial charge in [-0.2, -0.15) is 0 Å². The fourth-order valence-electron chi connectivity index (χ4n) is 3.33. The summed E-state index contributed by atoms with van der Waals surface area (Å²) < 4.78 is 11.4. The van der Waals surface area contributed by atoms with E-state index < -0.39 is 0 Å². The van der Waals surface area contributed by atoms with E-state index in [1.165, 1.54) is 11.8 Å². The SMILES string of the molecule is COCCCOC(c1ccccc1)C1CCCN(/C(=C/N=O)SC)C1. The summed E-state index contributed by atoms with van der Waals surface area (Å²) in [6, 6.07) is 10.4. The molecule has 2 atom stereocenters. The Hall–Kier alpha value is -1.37. The monoisotopic (exact) mass is 364 g/mol. The minimum atomic E-state index is 0.0631. The first-order valence-corrected chi connectivity index (χ1v) is 9.99. The van der Waals surface area contributed by atoms with Gasteiger partial charge in [-0.1, -0.05) is 30.3 Å². The molecule has 0 aromatic heterocycles. The topological polar surface area (TPSA) is 51.1 Å². The molecule has 1 fully saturated rings. The number of ether oxygens (including phenoxy) is 2. The second-order valence-electron chi connectivity index (χ2n) is 6.17. The lowest BCUT2D eigenvalue weighted by atomic mass is 9.88. The molecule has 1 heterocycles. The Labute approximate surface area is 154 Å². The number of nitroso groups, excluding NO2 is 1. The standard InChI is InChI=1S/C19H28N2O3S/c1-23-12-7-13-24-19(16-8-4-3-5-9-16)17-10-6-11-21(15-17)18(25-2)14-20-22/h3-5,8-9,14,17,19H,6-7,10-13,15H2,1-2H3/b18-14-. The number of likely N-dealkylation sites (tertiary alicyclic amines) is 1. The Morgan fingerprint density at radius 2 is 2.20 bits per heavy atom. The molecule has 2 rings (SSSR count). The molecule has 1 saturated heterocycles. The zero-order valence-electron chi connectivity index (χ0n) is 15.1. The summed E-state index contributed by atoms with van der Waals surface area (Å²) in [5.74, 6) is 0.390. The average molecular weight is 365 g/mol. The molecule has 0 radical (unpaired) electrons. The Kier molecular flexibility index (Phi) is 9.00. The summed E-state index contributed by atoms with van der Waals surface area (Å²) in [7, 11) is 1.71. The van der Waals surface area contributed by atoms with Gasteiger partial charge in [0, 0.05) is 39.3 Å². The highest BCUT2D eigenvalue weighted by atomic mass is 32.2. The highest BCUT2D eigenvalue weighted by Gasteiger charge is 2.29. The lowest BCUT2D eigenvalue weighted by Crippen LogP contribution is -2.37. The van der Waals surface area contributed by atoms with E-state index in [1.54, 1.807) is 18.9 Å². The van der Waals surface area contributed by atoms with E-state index in [2.05, 4.69) is 34.3 Å². The first-order chi connectivity index (χ1) is 12.3. The van der Waals surface area contributed by atoms with Crippen LogP contribution in [0.3, 0.4) is 0 Å². The van der Waals surface area contributed by atoms with E-state index in [0.717, 1.165) is 37.4 Å². The largest absolute Gasteiger partial charge is 0.385 e. The van der Waals surface area contributed by atoms with Gasteiger partial charge in [-0.3, -0.25) is 0 Å². The zero-order chi connectivity index (χ0) is 17.9. The van der Waals surface area contributed by atoms with Crippen LogP contribution in [-0.4, -0.2) is 44.6 Å². The van der Waals surface area contributed by atoms with Crippen molar-refractivity contribution in [3.63, 3.8) is 0 Å². The third-order valence-electron chi connectivity index (χ3n) is 4.49. The summed E-state index contributed by atoms with van der Waals surface area (Å²) in [6.45, 7) is 3.24. The molecule has 1 aromatic rings. The third-order valence-corrected chi connectivity index (χ3v) is 5.27. The van der Waals surface area contributed by atoms with E-state index in [4.69, 9.17) is 9.47 Å². The predicted molar refractivity (Wildman–Crippen MR) is 103 cm³/mol. The molecule has 0 amide bonds. The van der Waals surface area contributed by atoms with Crippen LogP contribution < -0.4 is 0 Å². The smallest absolute Gasteiger partial charge is 0.101 e. The first kappa shape index (κ1) is 19.9. The number of hydrogen-bond donors (Lipinski definition) is 0. The number of methoxy groups -OCH3 is 1. The van der Waals surface area contributed by atoms with E-state index in [-0.39, 0.29) is 6.10 Å². The average Bonchev–Trinajstić information content (AvgIpc) is 2.67. The summed E-state index contributed by atoms with van der Waals surface area (Å²) in [4.78, 5) is 12.9. The number of thioether (sulfide) groups is 1. The maximum Gasteiger partial charge on any atom is 0.101 e. The lowest BCUT2D eigenvalue weighted by molar-refractivity contribution is -0.0166. The Morgan fingerprint density at radius 1 is 1.40 bits per heavy atom. The van der Waals surface area contributed by atoms with Crippen LogP contribution in [0.2, 0.25) is 0 Å². The lowest BCUT2D eigenvalue weighted by Gasteiger charge is -2.38. The highest BCUT2D eigenvalue weighted by molar-refractivity contribution is 8.02. The summed E-state index contributed by atoms with van der Waals surface area (Å²) in [6.07, 6.45) is 6.57. The van der Waals surface area contributed by atoms with Crippen LogP contribution >= 0.6 is 11.8 Å². The molecule has 5 nitrogen and oxygen atoms in total. The van der Waals surface area contributed by atoms with Crippen molar-refractivity contribution in [3.05, 3.63) is 52.0 Å². The van der Waals surface area contributed by atoms with Gasteiger partial charge in [-0.15, -0.1) is 16.7 Å². The molecule has 0 spiro atoms. The van der Waals surface area contributed by atoms with E-state index >= 15 is 0 Å². The summed E-state index contributed by atoms with van der Waals surface area (Å²) >= 11 is 1.57. The van der Waals surface area contributed by atoms with Crippen LogP contribution in [-0.2, 0) is 9.47 Å². The maximum atomic E-state index is 10.7. The molecule has 138 valence electrons. The van der Waals surface area contributed by atoms with E-state index in [9.17, 15) is 4.91 Å². The third kappa shape index (κ3) is 6.13. The Balaban J connectivity index is 2.09. The van der Waals surface area contributed by atoms with Gasteiger partial charge in [0.05, 0.1) is 11.1 Å². The second kappa shape index (κ2) is 11.3. The number of nitrogens with zero attached hydrogens (tertiary/aromatic N) is 2. The zero-order valence-corrected chi connectivity index (χ0v) is 15.9. The van der Waals surface area contributed by atoms with E-state index in [0.29, 0.717) is 19.1 Å². The van der Waals surface area contributed by atoms with Gasteiger partial charge in [-0.25, -0.2) is 0 Å². The van der Waals surface area contributed by atoms with Crippen LogP contribution in [0.4, 0.5) is 0 Å².